The molecule has 1 aromatic carbocycles. The summed E-state index contributed by atoms with van der Waals surface area (Å²) in [5.74, 6) is 0.562. The van der Waals surface area contributed by atoms with Crippen LogP contribution in [0.3, 0.4) is 0 Å². The van der Waals surface area contributed by atoms with Crippen LogP contribution in [0.5, 0.6) is 5.75 Å². The van der Waals surface area contributed by atoms with Gasteiger partial charge >= 0.3 is 0 Å². The minimum Gasteiger partial charge on any atom is -0.489 e. The highest BCUT2D eigenvalue weighted by atomic mass is 35.5. The van der Waals surface area contributed by atoms with E-state index >= 15 is 0 Å². The van der Waals surface area contributed by atoms with Crippen LogP contribution < -0.4 is 10.1 Å². The molecule has 5 heteroatoms. The SMILES string of the molecule is CCC(O)(CC)CNCC(O)COc1ccccc1Cl. The van der Waals surface area contributed by atoms with Crippen LogP contribution in [-0.2, 0) is 0 Å². The predicted octanol–water partition coefficient (Wildman–Crippen LogP) is 2.22. The lowest BCUT2D eigenvalue weighted by molar-refractivity contribution is 0.0270. The summed E-state index contributed by atoms with van der Waals surface area (Å²) in [7, 11) is 0. The zero-order valence-electron chi connectivity index (χ0n) is 12.1. The quantitative estimate of drug-likeness (QED) is 0.654. The molecule has 0 aliphatic heterocycles. The number of nitrogens with one attached hydrogen (secondary N) is 1. The Morgan fingerprint density at radius 1 is 1.30 bits per heavy atom. The Morgan fingerprint density at radius 2 is 1.95 bits per heavy atom. The summed E-state index contributed by atoms with van der Waals surface area (Å²) in [6, 6.07) is 7.15. The fourth-order valence-electron chi connectivity index (χ4n) is 1.78. The van der Waals surface area contributed by atoms with Crippen LogP contribution in [-0.4, -0.2) is 41.6 Å². The van der Waals surface area contributed by atoms with Gasteiger partial charge in [-0.05, 0) is 25.0 Å². The van der Waals surface area contributed by atoms with Crippen LogP contribution in [0.25, 0.3) is 0 Å². The van der Waals surface area contributed by atoms with E-state index in [4.69, 9.17) is 16.3 Å². The molecule has 0 spiro atoms. The van der Waals surface area contributed by atoms with Crippen LogP contribution in [0, 0.1) is 0 Å². The molecule has 4 nitrogen and oxygen atoms in total. The molecule has 0 amide bonds. The van der Waals surface area contributed by atoms with E-state index in [-0.39, 0.29) is 6.61 Å². The van der Waals surface area contributed by atoms with Gasteiger partial charge in [0, 0.05) is 13.1 Å². The molecular formula is C15H24ClNO3. The number of halogens is 1. The molecule has 0 aromatic heterocycles. The highest BCUT2D eigenvalue weighted by Crippen LogP contribution is 2.23. The third kappa shape index (κ3) is 5.67. The van der Waals surface area contributed by atoms with Gasteiger partial charge in [0.15, 0.2) is 0 Å². The van der Waals surface area contributed by atoms with Crippen molar-refractivity contribution >= 4 is 11.6 Å². The van der Waals surface area contributed by atoms with E-state index in [9.17, 15) is 10.2 Å². The summed E-state index contributed by atoms with van der Waals surface area (Å²) in [5, 5.41) is 23.5. The first-order valence-electron chi connectivity index (χ1n) is 6.99. The molecule has 0 aliphatic rings. The van der Waals surface area contributed by atoms with E-state index in [2.05, 4.69) is 5.32 Å². The van der Waals surface area contributed by atoms with Gasteiger partial charge in [-0.25, -0.2) is 0 Å². The maximum atomic E-state index is 10.1. The molecule has 1 aromatic rings. The Balaban J connectivity index is 2.27. The van der Waals surface area contributed by atoms with Gasteiger partial charge in [0.2, 0.25) is 0 Å². The summed E-state index contributed by atoms with van der Waals surface area (Å²) in [6.07, 6.45) is 0.718. The van der Waals surface area contributed by atoms with Crippen LogP contribution in [0.15, 0.2) is 24.3 Å². The average molecular weight is 302 g/mol. The summed E-state index contributed by atoms with van der Waals surface area (Å²) in [4.78, 5) is 0. The average Bonchev–Trinajstić information content (AvgIpc) is 2.46. The topological polar surface area (TPSA) is 61.7 Å². The second kappa shape index (κ2) is 8.47. The molecule has 1 atom stereocenters. The predicted molar refractivity (Wildman–Crippen MR) is 81.4 cm³/mol. The Hall–Kier alpha value is -0.810. The maximum Gasteiger partial charge on any atom is 0.138 e. The van der Waals surface area contributed by atoms with Gasteiger partial charge in [-0.1, -0.05) is 37.6 Å². The first-order chi connectivity index (χ1) is 9.50. The Labute approximate surface area is 125 Å². The van der Waals surface area contributed by atoms with Crippen LogP contribution in [0.1, 0.15) is 26.7 Å². The molecule has 0 heterocycles. The van der Waals surface area contributed by atoms with Crippen LogP contribution in [0.2, 0.25) is 5.02 Å². The van der Waals surface area contributed by atoms with Gasteiger partial charge in [-0.15, -0.1) is 0 Å². The number of aliphatic hydroxyl groups excluding tert-OH is 1. The zero-order valence-corrected chi connectivity index (χ0v) is 12.9. The largest absolute Gasteiger partial charge is 0.489 e. The molecule has 0 saturated carbocycles. The first-order valence-corrected chi connectivity index (χ1v) is 7.37. The number of ether oxygens (including phenoxy) is 1. The van der Waals surface area contributed by atoms with E-state index in [1.165, 1.54) is 0 Å². The van der Waals surface area contributed by atoms with Crippen molar-refractivity contribution in [3.63, 3.8) is 0 Å². The van der Waals surface area contributed by atoms with Crippen molar-refractivity contribution in [1.29, 1.82) is 0 Å². The number of aliphatic hydroxyl groups is 2. The van der Waals surface area contributed by atoms with Crippen LogP contribution >= 0.6 is 11.6 Å². The fraction of sp³-hybridized carbons (Fsp3) is 0.600. The molecule has 0 saturated heterocycles. The highest BCUT2D eigenvalue weighted by Gasteiger charge is 2.21. The van der Waals surface area contributed by atoms with Gasteiger partial charge in [-0.3, -0.25) is 0 Å². The van der Waals surface area contributed by atoms with Gasteiger partial charge < -0.3 is 20.3 Å². The Kier molecular flexibility index (Phi) is 7.30. The van der Waals surface area contributed by atoms with Crippen molar-refractivity contribution in [1.82, 2.24) is 5.32 Å². The third-order valence-corrected chi connectivity index (χ3v) is 3.73. The molecule has 1 rings (SSSR count). The summed E-state index contributed by atoms with van der Waals surface area (Å²) >= 11 is 5.95. The fourth-order valence-corrected chi connectivity index (χ4v) is 1.97. The van der Waals surface area contributed by atoms with Crippen molar-refractivity contribution in [2.24, 2.45) is 0 Å². The number of benzene rings is 1. The monoisotopic (exact) mass is 301 g/mol. The standard InChI is InChI=1S/C15H24ClNO3/c1-3-15(19,4-2)11-17-9-12(18)10-20-14-8-6-5-7-13(14)16/h5-8,12,17-19H,3-4,9-11H2,1-2H3. The normalized spacial score (nSPS) is 13.2. The number of hydrogen-bond acceptors (Lipinski definition) is 4. The van der Waals surface area contributed by atoms with E-state index < -0.39 is 11.7 Å². The number of rotatable bonds is 9. The van der Waals surface area contributed by atoms with Gasteiger partial charge in [-0.2, -0.15) is 0 Å². The molecule has 3 N–H and O–H groups in total. The molecule has 0 radical (unpaired) electrons. The molecular weight excluding hydrogens is 278 g/mol. The van der Waals surface area contributed by atoms with Gasteiger partial charge in [0.25, 0.3) is 0 Å². The Morgan fingerprint density at radius 3 is 2.55 bits per heavy atom. The van der Waals surface area contributed by atoms with Crippen LogP contribution in [0.4, 0.5) is 0 Å². The van der Waals surface area contributed by atoms with E-state index in [1.807, 2.05) is 26.0 Å². The van der Waals surface area contributed by atoms with Crippen molar-refractivity contribution in [3.8, 4) is 5.75 Å². The summed E-state index contributed by atoms with van der Waals surface area (Å²) < 4.78 is 5.45. The minimum atomic E-state index is -0.705. The lowest BCUT2D eigenvalue weighted by Gasteiger charge is -2.26. The molecule has 0 aliphatic carbocycles. The van der Waals surface area contributed by atoms with E-state index in [0.29, 0.717) is 36.7 Å². The lowest BCUT2D eigenvalue weighted by Crippen LogP contribution is -2.43. The third-order valence-electron chi connectivity index (χ3n) is 3.42. The van der Waals surface area contributed by atoms with Crippen molar-refractivity contribution in [3.05, 3.63) is 29.3 Å². The van der Waals surface area contributed by atoms with Crippen molar-refractivity contribution in [2.45, 2.75) is 38.4 Å². The summed E-state index contributed by atoms with van der Waals surface area (Å²) in [6.45, 7) is 4.88. The number of para-hydroxylation sites is 1. The zero-order chi connectivity index (χ0) is 15.0. The maximum absolute atomic E-state index is 10.1. The Bertz CT molecular complexity index is 396. The smallest absolute Gasteiger partial charge is 0.138 e. The van der Waals surface area contributed by atoms with Gasteiger partial charge in [0.05, 0.1) is 10.6 Å². The highest BCUT2D eigenvalue weighted by molar-refractivity contribution is 6.32. The first kappa shape index (κ1) is 17.2. The van der Waals surface area contributed by atoms with E-state index in [1.54, 1.807) is 12.1 Å². The van der Waals surface area contributed by atoms with E-state index in [0.717, 1.165) is 0 Å². The summed E-state index contributed by atoms with van der Waals surface area (Å²) in [5.41, 5.74) is -0.705. The minimum absolute atomic E-state index is 0.160. The second-order valence-electron chi connectivity index (χ2n) is 4.96. The lowest BCUT2D eigenvalue weighted by atomic mass is 9.97. The molecule has 20 heavy (non-hydrogen) atoms. The van der Waals surface area contributed by atoms with Crippen molar-refractivity contribution < 1.29 is 14.9 Å². The van der Waals surface area contributed by atoms with Gasteiger partial charge in [0.1, 0.15) is 18.5 Å². The molecule has 114 valence electrons. The molecule has 1 unspecified atom stereocenters. The molecule has 0 fully saturated rings. The van der Waals surface area contributed by atoms with Crippen molar-refractivity contribution in [2.75, 3.05) is 19.7 Å². The molecule has 0 bridgehead atoms. The number of hydrogen-bond donors (Lipinski definition) is 3. The second-order valence-corrected chi connectivity index (χ2v) is 5.36.